The minimum Gasteiger partial charge on any atom is -0.325 e. The molecule has 1 aliphatic heterocycles. The fraction of sp³-hybridized carbons (Fsp3) is 0.250. The number of carbonyl (C=O) groups excluding carboxylic acids is 3. The van der Waals surface area contributed by atoms with Gasteiger partial charge in [0.25, 0.3) is 0 Å². The lowest BCUT2D eigenvalue weighted by molar-refractivity contribution is -0.121. The maximum atomic E-state index is 11.6. The van der Waals surface area contributed by atoms with Crippen LogP contribution in [0, 0.1) is 0 Å². The van der Waals surface area contributed by atoms with Crippen LogP contribution in [0.5, 0.6) is 0 Å². The number of carbonyl (C=O) groups is 3. The Bertz CT molecular complexity index is 526. The summed E-state index contributed by atoms with van der Waals surface area (Å²) >= 11 is 5.92. The van der Waals surface area contributed by atoms with E-state index >= 15 is 0 Å². The van der Waals surface area contributed by atoms with E-state index < -0.39 is 0 Å². The molecule has 0 atom stereocenters. The molecule has 2 rings (SSSR count). The molecule has 5 nitrogen and oxygen atoms in total. The molecule has 0 spiro atoms. The van der Waals surface area contributed by atoms with Gasteiger partial charge in [0.2, 0.25) is 17.7 Å². The van der Waals surface area contributed by atoms with Crippen molar-refractivity contribution >= 4 is 40.7 Å². The lowest BCUT2D eigenvalue weighted by Crippen LogP contribution is -2.28. The van der Waals surface area contributed by atoms with Gasteiger partial charge in [0.1, 0.15) is 0 Å². The predicted octanol–water partition coefficient (Wildman–Crippen LogP) is 1.95. The standard InChI is InChI=1S/C12H11ClN2O3/c1-7(16)14-10-6-8(2-3-9(10)13)15-11(17)4-5-12(15)18/h2-3,6H,4-5H2,1H3,(H,14,16). The quantitative estimate of drug-likeness (QED) is 0.832. The highest BCUT2D eigenvalue weighted by molar-refractivity contribution is 6.34. The Hall–Kier alpha value is -1.88. The molecule has 0 saturated carbocycles. The van der Waals surface area contributed by atoms with Gasteiger partial charge < -0.3 is 5.32 Å². The van der Waals surface area contributed by atoms with Crippen molar-refractivity contribution in [3.63, 3.8) is 0 Å². The average molecular weight is 267 g/mol. The van der Waals surface area contributed by atoms with Crippen molar-refractivity contribution < 1.29 is 14.4 Å². The van der Waals surface area contributed by atoms with Crippen LogP contribution in [0.25, 0.3) is 0 Å². The Labute approximate surface area is 109 Å². The molecule has 6 heteroatoms. The van der Waals surface area contributed by atoms with Crippen molar-refractivity contribution in [3.8, 4) is 0 Å². The summed E-state index contributed by atoms with van der Waals surface area (Å²) in [5, 5.41) is 2.90. The van der Waals surface area contributed by atoms with Crippen molar-refractivity contribution in [3.05, 3.63) is 23.2 Å². The maximum Gasteiger partial charge on any atom is 0.234 e. The molecule has 1 aliphatic rings. The van der Waals surface area contributed by atoms with Gasteiger partial charge in [0.15, 0.2) is 0 Å². The van der Waals surface area contributed by atoms with Gasteiger partial charge in [0, 0.05) is 19.8 Å². The van der Waals surface area contributed by atoms with Crippen molar-refractivity contribution in [1.82, 2.24) is 0 Å². The summed E-state index contributed by atoms with van der Waals surface area (Å²) in [4.78, 5) is 35.3. The number of halogens is 1. The van der Waals surface area contributed by atoms with Crippen LogP contribution in [0.3, 0.4) is 0 Å². The van der Waals surface area contributed by atoms with Gasteiger partial charge in [0.05, 0.1) is 16.4 Å². The number of rotatable bonds is 2. The molecule has 0 radical (unpaired) electrons. The van der Waals surface area contributed by atoms with E-state index in [4.69, 9.17) is 11.6 Å². The molecule has 3 amide bonds. The maximum absolute atomic E-state index is 11.6. The number of anilines is 2. The Morgan fingerprint density at radius 1 is 1.28 bits per heavy atom. The first kappa shape index (κ1) is 12.6. The molecule has 1 heterocycles. The van der Waals surface area contributed by atoms with Gasteiger partial charge in [-0.1, -0.05) is 11.6 Å². The van der Waals surface area contributed by atoms with Gasteiger partial charge in [-0.15, -0.1) is 0 Å². The molecule has 1 aromatic carbocycles. The van der Waals surface area contributed by atoms with E-state index in [-0.39, 0.29) is 30.6 Å². The SMILES string of the molecule is CC(=O)Nc1cc(N2C(=O)CCC2=O)ccc1Cl. The normalized spacial score (nSPS) is 15.1. The zero-order valence-electron chi connectivity index (χ0n) is 9.70. The molecule has 1 saturated heterocycles. The summed E-state index contributed by atoms with van der Waals surface area (Å²) in [6.45, 7) is 1.36. The highest BCUT2D eigenvalue weighted by atomic mass is 35.5. The number of imide groups is 1. The monoisotopic (exact) mass is 266 g/mol. The Balaban J connectivity index is 2.37. The molecular weight excluding hydrogens is 256 g/mol. The molecule has 18 heavy (non-hydrogen) atoms. The van der Waals surface area contributed by atoms with Gasteiger partial charge in [-0.25, -0.2) is 0 Å². The van der Waals surface area contributed by atoms with E-state index in [1.807, 2.05) is 0 Å². The summed E-state index contributed by atoms with van der Waals surface area (Å²) < 4.78 is 0. The van der Waals surface area contributed by atoms with Crippen LogP contribution < -0.4 is 10.2 Å². The van der Waals surface area contributed by atoms with Crippen molar-refractivity contribution in [2.45, 2.75) is 19.8 Å². The lowest BCUT2D eigenvalue weighted by Gasteiger charge is -2.15. The fourth-order valence-corrected chi connectivity index (χ4v) is 1.97. The molecule has 0 unspecified atom stereocenters. The molecule has 0 bridgehead atoms. The van der Waals surface area contributed by atoms with Crippen molar-refractivity contribution in [2.75, 3.05) is 10.2 Å². The topological polar surface area (TPSA) is 66.5 Å². The number of nitrogens with zero attached hydrogens (tertiary/aromatic N) is 1. The summed E-state index contributed by atoms with van der Waals surface area (Å²) in [6, 6.07) is 4.64. The first-order chi connectivity index (χ1) is 8.49. The molecule has 94 valence electrons. The first-order valence-corrected chi connectivity index (χ1v) is 5.80. The molecule has 1 N–H and O–H groups in total. The molecule has 0 aliphatic carbocycles. The zero-order valence-corrected chi connectivity index (χ0v) is 10.5. The Morgan fingerprint density at radius 2 is 1.89 bits per heavy atom. The third-order valence-corrected chi connectivity index (χ3v) is 2.90. The summed E-state index contributed by atoms with van der Waals surface area (Å²) in [6.07, 6.45) is 0.438. The predicted molar refractivity (Wildman–Crippen MR) is 67.5 cm³/mol. The second-order valence-electron chi connectivity index (χ2n) is 3.97. The summed E-state index contributed by atoms with van der Waals surface area (Å²) in [5.74, 6) is -0.750. The lowest BCUT2D eigenvalue weighted by atomic mass is 10.2. The summed E-state index contributed by atoms with van der Waals surface area (Å²) in [5.41, 5.74) is 0.810. The molecule has 0 aromatic heterocycles. The number of hydrogen-bond donors (Lipinski definition) is 1. The van der Waals surface area contributed by atoms with Crippen LogP contribution in [-0.2, 0) is 14.4 Å². The smallest absolute Gasteiger partial charge is 0.234 e. The highest BCUT2D eigenvalue weighted by Crippen LogP contribution is 2.30. The fourth-order valence-electron chi connectivity index (χ4n) is 1.80. The van der Waals surface area contributed by atoms with E-state index in [0.29, 0.717) is 16.4 Å². The molecule has 1 fully saturated rings. The van der Waals surface area contributed by atoms with E-state index in [1.165, 1.54) is 13.0 Å². The average Bonchev–Trinajstić information content (AvgIpc) is 2.62. The molecular formula is C12H11ClN2O3. The molecule has 1 aromatic rings. The van der Waals surface area contributed by atoms with Crippen LogP contribution >= 0.6 is 11.6 Å². The zero-order chi connectivity index (χ0) is 13.3. The van der Waals surface area contributed by atoms with Crippen LogP contribution in [0.4, 0.5) is 11.4 Å². The van der Waals surface area contributed by atoms with Gasteiger partial charge in [-0.3, -0.25) is 19.3 Å². The third kappa shape index (κ3) is 2.36. The number of amides is 3. The second kappa shape index (κ2) is 4.78. The summed E-state index contributed by atoms with van der Waals surface area (Å²) in [7, 11) is 0. The minimum atomic E-state index is -0.270. The van der Waals surface area contributed by atoms with Crippen LogP contribution in [0.2, 0.25) is 5.02 Å². The minimum absolute atomic E-state index is 0.219. The van der Waals surface area contributed by atoms with E-state index in [2.05, 4.69) is 5.32 Å². The van der Waals surface area contributed by atoms with Gasteiger partial charge in [-0.05, 0) is 18.2 Å². The van der Waals surface area contributed by atoms with E-state index in [9.17, 15) is 14.4 Å². The van der Waals surface area contributed by atoms with Crippen LogP contribution in [0.1, 0.15) is 19.8 Å². The van der Waals surface area contributed by atoms with Gasteiger partial charge in [-0.2, -0.15) is 0 Å². The van der Waals surface area contributed by atoms with Crippen molar-refractivity contribution in [1.29, 1.82) is 0 Å². The van der Waals surface area contributed by atoms with E-state index in [1.54, 1.807) is 12.1 Å². The second-order valence-corrected chi connectivity index (χ2v) is 4.38. The number of hydrogen-bond acceptors (Lipinski definition) is 3. The largest absolute Gasteiger partial charge is 0.325 e. The van der Waals surface area contributed by atoms with Gasteiger partial charge >= 0.3 is 0 Å². The van der Waals surface area contributed by atoms with Crippen molar-refractivity contribution in [2.24, 2.45) is 0 Å². The van der Waals surface area contributed by atoms with Crippen LogP contribution in [0.15, 0.2) is 18.2 Å². The van der Waals surface area contributed by atoms with E-state index in [0.717, 1.165) is 4.90 Å². The van der Waals surface area contributed by atoms with Crippen LogP contribution in [-0.4, -0.2) is 17.7 Å². The highest BCUT2D eigenvalue weighted by Gasteiger charge is 2.30. The third-order valence-electron chi connectivity index (χ3n) is 2.57. The number of nitrogens with one attached hydrogen (secondary N) is 1. The Morgan fingerprint density at radius 3 is 2.44 bits per heavy atom. The first-order valence-electron chi connectivity index (χ1n) is 5.42. The number of benzene rings is 1. The Kier molecular flexibility index (Phi) is 3.34.